The smallest absolute Gasteiger partial charge is 1.00 e. The molecule has 1 aliphatic carbocycles. The summed E-state index contributed by atoms with van der Waals surface area (Å²) in [5.74, 6) is 0.464. The summed E-state index contributed by atoms with van der Waals surface area (Å²) in [6.45, 7) is 0. The van der Waals surface area contributed by atoms with Gasteiger partial charge in [0.25, 0.3) is 0 Å². The fourth-order valence-corrected chi connectivity index (χ4v) is 0.946. The van der Waals surface area contributed by atoms with Gasteiger partial charge in [-0.1, -0.05) is 6.42 Å². The molecular weight excluding hydrogens is 128 g/mol. The van der Waals surface area contributed by atoms with E-state index in [2.05, 4.69) is 0 Å². The largest absolute Gasteiger partial charge is 2.00 e. The van der Waals surface area contributed by atoms with Crippen LogP contribution in [0.3, 0.4) is 0 Å². The molecule has 8 heavy (non-hydrogen) atoms. The van der Waals surface area contributed by atoms with Crippen molar-refractivity contribution in [1.29, 1.82) is 0 Å². The summed E-state index contributed by atoms with van der Waals surface area (Å²) in [6.07, 6.45) is 5.24. The van der Waals surface area contributed by atoms with Crippen LogP contribution in [-0.4, -0.2) is 43.5 Å². The molecule has 0 aromatic carbocycles. The zero-order chi connectivity index (χ0) is 5.11. The number of ketones is 1. The van der Waals surface area contributed by atoms with E-state index in [1.807, 2.05) is 0 Å². The maximum absolute atomic E-state index is 10.5. The molecular formula is C6H12CaO. The Morgan fingerprint density at radius 1 is 1.12 bits per heavy atom. The van der Waals surface area contributed by atoms with Crippen LogP contribution in [0.1, 0.15) is 35.0 Å². The predicted octanol–water partition coefficient (Wildman–Crippen LogP) is 1.36. The molecule has 1 saturated carbocycles. The second kappa shape index (κ2) is 4.78. The molecule has 0 heterocycles. The third-order valence-electron chi connectivity index (χ3n) is 1.41. The predicted molar refractivity (Wildman–Crippen MR) is 36.1 cm³/mol. The van der Waals surface area contributed by atoms with Crippen molar-refractivity contribution in [3.63, 3.8) is 0 Å². The number of rotatable bonds is 0. The molecule has 0 radical (unpaired) electrons. The van der Waals surface area contributed by atoms with Crippen molar-refractivity contribution in [2.45, 2.75) is 32.1 Å². The van der Waals surface area contributed by atoms with E-state index in [-0.39, 0.29) is 40.6 Å². The molecule has 0 saturated heterocycles. The maximum Gasteiger partial charge on any atom is 2.00 e. The summed E-state index contributed by atoms with van der Waals surface area (Å²) < 4.78 is 0. The Bertz CT molecular complexity index is 79.8. The van der Waals surface area contributed by atoms with Gasteiger partial charge in [-0.25, -0.2) is 0 Å². The Balaban J connectivity index is -0.000000163. The maximum atomic E-state index is 10.5. The van der Waals surface area contributed by atoms with E-state index in [0.29, 0.717) is 5.78 Å². The Kier molecular flexibility index (Phi) is 5.33. The quantitative estimate of drug-likeness (QED) is 0.464. The molecule has 0 aliphatic heterocycles. The minimum Gasteiger partial charge on any atom is -1.00 e. The first-order chi connectivity index (χ1) is 3.39. The molecule has 0 aromatic heterocycles. The van der Waals surface area contributed by atoms with E-state index in [0.717, 1.165) is 25.7 Å². The minimum absolute atomic E-state index is 0. The normalized spacial score (nSPS) is 19.8. The van der Waals surface area contributed by atoms with Gasteiger partial charge in [-0.2, -0.15) is 0 Å². The van der Waals surface area contributed by atoms with Gasteiger partial charge in [0.05, 0.1) is 0 Å². The number of Topliss-reactive ketones (excluding diaryl/α,β-unsaturated/α-hetero) is 1. The molecule has 44 valence electrons. The van der Waals surface area contributed by atoms with Crippen molar-refractivity contribution in [2.75, 3.05) is 0 Å². The zero-order valence-electron chi connectivity index (χ0n) is 7.15. The summed E-state index contributed by atoms with van der Waals surface area (Å²) in [5.41, 5.74) is 0. The first-order valence-electron chi connectivity index (χ1n) is 2.91. The Morgan fingerprint density at radius 3 is 1.88 bits per heavy atom. The van der Waals surface area contributed by atoms with E-state index < -0.39 is 0 Å². The van der Waals surface area contributed by atoms with Gasteiger partial charge in [0.15, 0.2) is 0 Å². The van der Waals surface area contributed by atoms with Crippen LogP contribution in [0.5, 0.6) is 0 Å². The van der Waals surface area contributed by atoms with Crippen LogP contribution in [0, 0.1) is 0 Å². The monoisotopic (exact) mass is 140 g/mol. The molecule has 1 aliphatic rings. The Hall–Kier alpha value is 0.930. The van der Waals surface area contributed by atoms with E-state index in [1.54, 1.807) is 0 Å². The fourth-order valence-electron chi connectivity index (χ4n) is 0.946. The zero-order valence-corrected chi connectivity index (χ0v) is 7.36. The van der Waals surface area contributed by atoms with Crippen molar-refractivity contribution >= 4 is 43.5 Å². The van der Waals surface area contributed by atoms with Crippen LogP contribution in [0.15, 0.2) is 0 Å². The van der Waals surface area contributed by atoms with Crippen molar-refractivity contribution < 1.29 is 7.65 Å². The van der Waals surface area contributed by atoms with Gasteiger partial charge in [0.1, 0.15) is 5.78 Å². The van der Waals surface area contributed by atoms with Gasteiger partial charge >= 0.3 is 37.7 Å². The Labute approximate surface area is 82.8 Å². The number of carbonyl (C=O) groups is 1. The summed E-state index contributed by atoms with van der Waals surface area (Å²) in [4.78, 5) is 10.5. The third kappa shape index (κ3) is 3.06. The first kappa shape index (κ1) is 8.93. The van der Waals surface area contributed by atoms with Crippen LogP contribution in [0.4, 0.5) is 0 Å². The van der Waals surface area contributed by atoms with E-state index >= 15 is 0 Å². The molecule has 0 unspecified atom stereocenters. The van der Waals surface area contributed by atoms with E-state index in [9.17, 15) is 4.79 Å². The van der Waals surface area contributed by atoms with Crippen molar-refractivity contribution in [2.24, 2.45) is 0 Å². The number of hydrogen-bond acceptors (Lipinski definition) is 1. The van der Waals surface area contributed by atoms with Crippen molar-refractivity contribution in [3.8, 4) is 0 Å². The standard InChI is InChI=1S/C6H10O.Ca.2H/c7-6-4-2-1-3-5-6;;;/h1-5H2;;;/q;+2;2*-1. The molecule has 0 aromatic rings. The second-order valence-corrected chi connectivity index (χ2v) is 2.10. The van der Waals surface area contributed by atoms with Gasteiger partial charge in [0.2, 0.25) is 0 Å². The fraction of sp³-hybridized carbons (Fsp3) is 0.833. The topological polar surface area (TPSA) is 17.1 Å². The van der Waals surface area contributed by atoms with Gasteiger partial charge in [0, 0.05) is 12.8 Å². The molecule has 2 heteroatoms. The van der Waals surface area contributed by atoms with Crippen molar-refractivity contribution in [3.05, 3.63) is 0 Å². The van der Waals surface area contributed by atoms with Crippen LogP contribution in [0.25, 0.3) is 0 Å². The van der Waals surface area contributed by atoms with E-state index in [1.165, 1.54) is 6.42 Å². The molecule has 0 N–H and O–H groups in total. The van der Waals surface area contributed by atoms with Crippen LogP contribution < -0.4 is 0 Å². The van der Waals surface area contributed by atoms with Gasteiger partial charge < -0.3 is 2.85 Å². The molecule has 0 spiro atoms. The third-order valence-corrected chi connectivity index (χ3v) is 1.41. The molecule has 1 nitrogen and oxygen atoms in total. The molecule has 0 atom stereocenters. The van der Waals surface area contributed by atoms with Crippen LogP contribution in [-0.2, 0) is 4.79 Å². The molecule has 0 bridgehead atoms. The van der Waals surface area contributed by atoms with Gasteiger partial charge in [-0.3, -0.25) is 4.79 Å². The molecule has 0 amide bonds. The Morgan fingerprint density at radius 2 is 1.62 bits per heavy atom. The van der Waals surface area contributed by atoms with Gasteiger partial charge in [-0.05, 0) is 12.8 Å². The first-order valence-corrected chi connectivity index (χ1v) is 2.91. The summed E-state index contributed by atoms with van der Waals surface area (Å²) in [7, 11) is 0. The average molecular weight is 140 g/mol. The summed E-state index contributed by atoms with van der Waals surface area (Å²) in [5, 5.41) is 0. The van der Waals surface area contributed by atoms with Crippen molar-refractivity contribution in [1.82, 2.24) is 0 Å². The van der Waals surface area contributed by atoms with Gasteiger partial charge in [-0.15, -0.1) is 0 Å². The van der Waals surface area contributed by atoms with Crippen LogP contribution >= 0.6 is 0 Å². The minimum atomic E-state index is 0. The average Bonchev–Trinajstić information content (AvgIpc) is 1.69. The number of hydrogen-bond donors (Lipinski definition) is 0. The van der Waals surface area contributed by atoms with E-state index in [4.69, 9.17) is 0 Å². The summed E-state index contributed by atoms with van der Waals surface area (Å²) >= 11 is 0. The summed E-state index contributed by atoms with van der Waals surface area (Å²) in [6, 6.07) is 0. The molecule has 1 fully saturated rings. The number of carbonyl (C=O) groups excluding carboxylic acids is 1. The second-order valence-electron chi connectivity index (χ2n) is 2.10. The molecule has 1 rings (SSSR count). The van der Waals surface area contributed by atoms with Crippen LogP contribution in [0.2, 0.25) is 0 Å². The SMILES string of the molecule is O=C1CCCCC1.[Ca+2].[H-].[H-].